The molecule has 3 aliphatic heterocycles. The van der Waals surface area contributed by atoms with E-state index in [1.54, 1.807) is 6.33 Å². The minimum Gasteiger partial charge on any atom is -0.372 e. The smallest absolute Gasteiger partial charge is 0.0922 e. The number of imidazole rings is 1. The lowest BCUT2D eigenvalue weighted by Gasteiger charge is -2.47. The number of ether oxygens (including phenoxy) is 1. The molecule has 3 fully saturated rings. The molecule has 140 valence electrons. The van der Waals surface area contributed by atoms with Gasteiger partial charge in [-0.3, -0.25) is 9.80 Å². The van der Waals surface area contributed by atoms with Crippen LogP contribution in [0.3, 0.4) is 0 Å². The Morgan fingerprint density at radius 1 is 1.20 bits per heavy atom. The van der Waals surface area contributed by atoms with Gasteiger partial charge in [0.05, 0.1) is 18.5 Å². The molecule has 3 saturated heterocycles. The number of hydrogen-bond donors (Lipinski definition) is 1. The molecule has 25 heavy (non-hydrogen) atoms. The third-order valence-corrected chi connectivity index (χ3v) is 6.38. The molecule has 3 aliphatic rings. The summed E-state index contributed by atoms with van der Waals surface area (Å²) in [4.78, 5) is 15.1. The van der Waals surface area contributed by atoms with Crippen molar-refractivity contribution in [1.82, 2.24) is 24.7 Å². The average Bonchev–Trinajstić information content (AvgIpc) is 3.29. The van der Waals surface area contributed by atoms with Crippen molar-refractivity contribution in [1.29, 1.82) is 0 Å². The molecule has 1 spiro atoms. The number of nitrogens with one attached hydrogen (secondary N) is 1. The first kappa shape index (κ1) is 17.5. The molecule has 1 atom stereocenters. The first-order chi connectivity index (χ1) is 12.2. The third-order valence-electron chi connectivity index (χ3n) is 6.38. The fraction of sp³-hybridized carbons (Fsp3) is 0.842. The van der Waals surface area contributed by atoms with Crippen LogP contribution in [-0.4, -0.2) is 89.2 Å². The van der Waals surface area contributed by atoms with E-state index in [1.807, 2.05) is 6.20 Å². The molecule has 0 amide bonds. The van der Waals surface area contributed by atoms with E-state index in [2.05, 4.69) is 31.6 Å². The predicted octanol–water partition coefficient (Wildman–Crippen LogP) is 1.42. The molecule has 1 aromatic heterocycles. The van der Waals surface area contributed by atoms with Crippen LogP contribution in [-0.2, 0) is 11.3 Å². The summed E-state index contributed by atoms with van der Waals surface area (Å²) >= 11 is 0. The Labute approximate surface area is 151 Å². The maximum Gasteiger partial charge on any atom is 0.0922 e. The van der Waals surface area contributed by atoms with Gasteiger partial charge in [0.25, 0.3) is 0 Å². The van der Waals surface area contributed by atoms with Gasteiger partial charge in [-0.05, 0) is 38.3 Å². The second-order valence-corrected chi connectivity index (χ2v) is 8.17. The van der Waals surface area contributed by atoms with Crippen LogP contribution < -0.4 is 0 Å². The van der Waals surface area contributed by atoms with Crippen LogP contribution in [0.2, 0.25) is 0 Å². The summed E-state index contributed by atoms with van der Waals surface area (Å²) in [5, 5.41) is 0. The summed E-state index contributed by atoms with van der Waals surface area (Å²) in [6, 6.07) is 0. The molecule has 4 heterocycles. The van der Waals surface area contributed by atoms with Crippen molar-refractivity contribution in [3.8, 4) is 0 Å². The van der Waals surface area contributed by atoms with E-state index in [9.17, 15) is 0 Å². The van der Waals surface area contributed by atoms with Gasteiger partial charge in [0.1, 0.15) is 0 Å². The number of hydrogen-bond acceptors (Lipinski definition) is 5. The van der Waals surface area contributed by atoms with Crippen LogP contribution in [0.4, 0.5) is 0 Å². The van der Waals surface area contributed by atoms with Crippen molar-refractivity contribution < 1.29 is 4.74 Å². The van der Waals surface area contributed by atoms with Gasteiger partial charge in [0.2, 0.25) is 0 Å². The molecule has 1 N–H and O–H groups in total. The Morgan fingerprint density at radius 2 is 2.08 bits per heavy atom. The fourth-order valence-electron chi connectivity index (χ4n) is 4.83. The summed E-state index contributed by atoms with van der Waals surface area (Å²) in [6.07, 6.45) is 7.39. The quantitative estimate of drug-likeness (QED) is 0.873. The largest absolute Gasteiger partial charge is 0.372 e. The zero-order valence-corrected chi connectivity index (χ0v) is 15.6. The van der Waals surface area contributed by atoms with Gasteiger partial charge in [-0.2, -0.15) is 0 Å². The molecule has 4 rings (SSSR count). The van der Waals surface area contributed by atoms with E-state index in [1.165, 1.54) is 38.3 Å². The standard InChI is InChI=1S/C19H33N5O/c1-2-22-6-3-17(12-22)13-24-9-10-25-19(15-24)4-7-23(8-5-19)14-18-11-20-16-21-18/h11,16-17H,2-10,12-15H2,1H3,(H,20,21). The first-order valence-electron chi connectivity index (χ1n) is 10.0. The van der Waals surface area contributed by atoms with E-state index in [4.69, 9.17) is 4.74 Å². The van der Waals surface area contributed by atoms with Gasteiger partial charge < -0.3 is 14.6 Å². The van der Waals surface area contributed by atoms with Gasteiger partial charge in [0, 0.05) is 57.7 Å². The summed E-state index contributed by atoms with van der Waals surface area (Å²) in [6.45, 7) is 13.7. The summed E-state index contributed by atoms with van der Waals surface area (Å²) < 4.78 is 6.33. The zero-order valence-electron chi connectivity index (χ0n) is 15.6. The van der Waals surface area contributed by atoms with Crippen molar-refractivity contribution in [3.63, 3.8) is 0 Å². The second-order valence-electron chi connectivity index (χ2n) is 8.17. The highest BCUT2D eigenvalue weighted by Gasteiger charge is 2.40. The van der Waals surface area contributed by atoms with E-state index >= 15 is 0 Å². The molecule has 0 saturated carbocycles. The van der Waals surface area contributed by atoms with Crippen LogP contribution in [0.5, 0.6) is 0 Å². The fourth-order valence-corrected chi connectivity index (χ4v) is 4.83. The number of H-pyrrole nitrogens is 1. The van der Waals surface area contributed by atoms with Gasteiger partial charge in [-0.1, -0.05) is 6.92 Å². The first-order valence-corrected chi connectivity index (χ1v) is 10.0. The Kier molecular flexibility index (Phi) is 5.41. The monoisotopic (exact) mass is 347 g/mol. The minimum absolute atomic E-state index is 0.103. The number of morpholine rings is 1. The number of aromatic amines is 1. The maximum absolute atomic E-state index is 6.33. The van der Waals surface area contributed by atoms with Crippen molar-refractivity contribution in [2.75, 3.05) is 59.0 Å². The highest BCUT2D eigenvalue weighted by Crippen LogP contribution is 2.31. The maximum atomic E-state index is 6.33. The lowest BCUT2D eigenvalue weighted by atomic mass is 9.89. The van der Waals surface area contributed by atoms with Gasteiger partial charge in [-0.15, -0.1) is 0 Å². The summed E-state index contributed by atoms with van der Waals surface area (Å²) in [5.74, 6) is 0.857. The third kappa shape index (κ3) is 4.25. The number of rotatable bonds is 5. The summed E-state index contributed by atoms with van der Waals surface area (Å²) in [5.41, 5.74) is 1.31. The number of piperidine rings is 1. The van der Waals surface area contributed by atoms with Gasteiger partial charge >= 0.3 is 0 Å². The van der Waals surface area contributed by atoms with Crippen LogP contribution >= 0.6 is 0 Å². The molecule has 1 unspecified atom stereocenters. The highest BCUT2D eigenvalue weighted by molar-refractivity contribution is 4.98. The van der Waals surface area contributed by atoms with Crippen molar-refractivity contribution in [2.45, 2.75) is 38.3 Å². The highest BCUT2D eigenvalue weighted by atomic mass is 16.5. The molecular formula is C19H33N5O. The van der Waals surface area contributed by atoms with Crippen LogP contribution in [0, 0.1) is 5.92 Å². The molecular weight excluding hydrogens is 314 g/mol. The Hall–Kier alpha value is -0.950. The molecule has 0 radical (unpaired) electrons. The van der Waals surface area contributed by atoms with Crippen molar-refractivity contribution >= 4 is 0 Å². The molecule has 6 heteroatoms. The average molecular weight is 348 g/mol. The predicted molar refractivity (Wildman–Crippen MR) is 98.4 cm³/mol. The van der Waals surface area contributed by atoms with Crippen LogP contribution in [0.1, 0.15) is 31.9 Å². The molecule has 1 aromatic rings. The lowest BCUT2D eigenvalue weighted by Crippen LogP contribution is -2.57. The SMILES string of the molecule is CCN1CCC(CN2CCOC3(CCN(Cc4cnc[nH]4)CC3)C2)C1. The Morgan fingerprint density at radius 3 is 2.80 bits per heavy atom. The van der Waals surface area contributed by atoms with Crippen LogP contribution in [0.25, 0.3) is 0 Å². The molecule has 6 nitrogen and oxygen atoms in total. The van der Waals surface area contributed by atoms with Crippen LogP contribution in [0.15, 0.2) is 12.5 Å². The number of nitrogens with zero attached hydrogens (tertiary/aromatic N) is 4. The summed E-state index contributed by atoms with van der Waals surface area (Å²) in [7, 11) is 0. The lowest BCUT2D eigenvalue weighted by molar-refractivity contribution is -0.138. The van der Waals surface area contributed by atoms with E-state index < -0.39 is 0 Å². The molecule has 0 bridgehead atoms. The van der Waals surface area contributed by atoms with Crippen molar-refractivity contribution in [3.05, 3.63) is 18.2 Å². The Balaban J connectivity index is 1.26. The zero-order chi connectivity index (χ0) is 17.1. The topological polar surface area (TPSA) is 47.6 Å². The van der Waals surface area contributed by atoms with E-state index in [-0.39, 0.29) is 5.60 Å². The van der Waals surface area contributed by atoms with E-state index in [0.717, 1.165) is 58.1 Å². The number of aromatic nitrogens is 2. The Bertz CT molecular complexity index is 526. The molecule has 0 aliphatic carbocycles. The normalized spacial score (nSPS) is 28.8. The van der Waals surface area contributed by atoms with Gasteiger partial charge in [0.15, 0.2) is 0 Å². The van der Waals surface area contributed by atoms with Gasteiger partial charge in [-0.25, -0.2) is 4.98 Å². The van der Waals surface area contributed by atoms with E-state index in [0.29, 0.717) is 0 Å². The molecule has 0 aromatic carbocycles. The second kappa shape index (κ2) is 7.74. The van der Waals surface area contributed by atoms with Crippen molar-refractivity contribution in [2.24, 2.45) is 5.92 Å². The number of likely N-dealkylation sites (tertiary alicyclic amines) is 2. The minimum atomic E-state index is 0.103.